The minimum atomic E-state index is -0.364. The number of aromatic amines is 1. The number of rotatable bonds is 3. The molecule has 2 aromatic heterocycles. The molecule has 24 heavy (non-hydrogen) atoms. The number of aromatic nitrogens is 3. The van der Waals surface area contributed by atoms with E-state index in [9.17, 15) is 10.1 Å². The summed E-state index contributed by atoms with van der Waals surface area (Å²) in [7, 11) is 1.41. The van der Waals surface area contributed by atoms with Gasteiger partial charge in [-0.1, -0.05) is 23.7 Å². The largest absolute Gasteiger partial charge is 0.490 e. The molecule has 0 atom stereocenters. The predicted octanol–water partition coefficient (Wildman–Crippen LogP) is 2.64. The first-order chi connectivity index (χ1) is 11.6. The Labute approximate surface area is 142 Å². The van der Waals surface area contributed by atoms with Gasteiger partial charge in [-0.05, 0) is 30.5 Å². The third-order valence-corrected chi connectivity index (χ3v) is 4.84. The molecule has 0 saturated heterocycles. The van der Waals surface area contributed by atoms with Crippen LogP contribution in [0.2, 0.25) is 5.02 Å². The lowest BCUT2D eigenvalue weighted by molar-refractivity contribution is 0.404. The lowest BCUT2D eigenvalue weighted by atomic mass is 9.90. The number of nitrogens with one attached hydrogen (secondary N) is 1. The fraction of sp³-hybridized carbons (Fsp3) is 0.235. The molecule has 0 radical (unpaired) electrons. The van der Waals surface area contributed by atoms with Crippen molar-refractivity contribution in [1.29, 1.82) is 5.26 Å². The molecule has 4 rings (SSSR count). The van der Waals surface area contributed by atoms with Gasteiger partial charge in [-0.25, -0.2) is 4.98 Å². The average Bonchev–Trinajstić information content (AvgIpc) is 3.30. The fourth-order valence-electron chi connectivity index (χ4n) is 3.17. The normalized spacial score (nSPS) is 15.2. The van der Waals surface area contributed by atoms with E-state index in [0.29, 0.717) is 21.9 Å². The van der Waals surface area contributed by atoms with Gasteiger partial charge in [-0.15, -0.1) is 0 Å². The van der Waals surface area contributed by atoms with Crippen LogP contribution in [0, 0.1) is 11.3 Å². The van der Waals surface area contributed by atoms with Crippen LogP contribution in [0.4, 0.5) is 0 Å². The van der Waals surface area contributed by atoms with Gasteiger partial charge in [0.15, 0.2) is 5.65 Å². The van der Waals surface area contributed by atoms with Crippen LogP contribution in [0.25, 0.3) is 5.65 Å². The number of nitriles is 1. The number of nitrogens with zero attached hydrogens (tertiary/aromatic N) is 3. The van der Waals surface area contributed by atoms with Gasteiger partial charge in [0.25, 0.3) is 0 Å². The van der Waals surface area contributed by atoms with E-state index in [2.05, 4.69) is 16.2 Å². The van der Waals surface area contributed by atoms with E-state index < -0.39 is 0 Å². The Hall–Kier alpha value is -2.78. The quantitative estimate of drug-likeness (QED) is 0.794. The summed E-state index contributed by atoms with van der Waals surface area (Å²) in [5.74, 6) is 0.126. The molecule has 1 aliphatic carbocycles. The predicted molar refractivity (Wildman–Crippen MR) is 88.5 cm³/mol. The zero-order valence-electron chi connectivity index (χ0n) is 12.8. The Bertz CT molecular complexity index is 1040. The zero-order valence-corrected chi connectivity index (χ0v) is 13.6. The van der Waals surface area contributed by atoms with Gasteiger partial charge >= 0.3 is 5.56 Å². The number of halogens is 1. The number of methoxy groups -OCH3 is 1. The van der Waals surface area contributed by atoms with Gasteiger partial charge < -0.3 is 4.74 Å². The number of H-pyrrole nitrogens is 1. The summed E-state index contributed by atoms with van der Waals surface area (Å²) < 4.78 is 6.30. The van der Waals surface area contributed by atoms with Crippen LogP contribution in [-0.2, 0) is 5.41 Å². The summed E-state index contributed by atoms with van der Waals surface area (Å²) in [5, 5.41) is 13.4. The maximum Gasteiger partial charge on any atom is 0.315 e. The molecule has 0 spiro atoms. The lowest BCUT2D eigenvalue weighted by Crippen LogP contribution is -2.17. The lowest BCUT2D eigenvalue weighted by Gasteiger charge is -2.14. The van der Waals surface area contributed by atoms with Crippen molar-refractivity contribution in [3.63, 3.8) is 0 Å². The molecule has 0 unspecified atom stereocenters. The highest BCUT2D eigenvalue weighted by Gasteiger charge is 2.49. The van der Waals surface area contributed by atoms with Crippen molar-refractivity contribution >= 4 is 17.2 Å². The second kappa shape index (κ2) is 5.11. The van der Waals surface area contributed by atoms with Crippen LogP contribution in [-0.4, -0.2) is 21.7 Å². The summed E-state index contributed by atoms with van der Waals surface area (Å²) in [4.78, 5) is 16.6. The average molecular weight is 341 g/mol. The molecule has 2 heterocycles. The van der Waals surface area contributed by atoms with Crippen LogP contribution in [0.5, 0.6) is 5.75 Å². The smallest absolute Gasteiger partial charge is 0.315 e. The molecule has 1 fully saturated rings. The van der Waals surface area contributed by atoms with Gasteiger partial charge in [-0.3, -0.25) is 9.89 Å². The van der Waals surface area contributed by atoms with E-state index in [1.165, 1.54) is 17.8 Å². The van der Waals surface area contributed by atoms with Crippen LogP contribution < -0.4 is 10.3 Å². The first-order valence-electron chi connectivity index (χ1n) is 7.45. The van der Waals surface area contributed by atoms with Crippen molar-refractivity contribution in [1.82, 2.24) is 14.6 Å². The van der Waals surface area contributed by atoms with Crippen LogP contribution in [0.3, 0.4) is 0 Å². The molecule has 3 aromatic rings. The van der Waals surface area contributed by atoms with Crippen LogP contribution in [0.1, 0.15) is 29.7 Å². The van der Waals surface area contributed by atoms with E-state index in [1.54, 1.807) is 0 Å². The molecule has 1 N–H and O–H groups in total. The van der Waals surface area contributed by atoms with E-state index >= 15 is 0 Å². The molecule has 6 nitrogen and oxygen atoms in total. The Balaban J connectivity index is 1.97. The van der Waals surface area contributed by atoms with Gasteiger partial charge in [0.2, 0.25) is 5.75 Å². The third kappa shape index (κ3) is 1.95. The number of fused-ring (bicyclic) bond motifs is 1. The summed E-state index contributed by atoms with van der Waals surface area (Å²) >= 11 is 5.98. The standard InChI is InChI=1S/C17H13ClN4O2/c1-24-13-9-20-15-12(8-19)14(21-22(15)16(13)23)17(6-7-17)10-2-4-11(18)5-3-10/h2-5,9,21H,6-7H2,1H3. The van der Waals surface area contributed by atoms with Crippen molar-refractivity contribution in [2.24, 2.45) is 0 Å². The zero-order chi connectivity index (χ0) is 16.9. The monoisotopic (exact) mass is 340 g/mol. The Morgan fingerprint density at radius 1 is 1.38 bits per heavy atom. The number of ether oxygens (including phenoxy) is 1. The minimum Gasteiger partial charge on any atom is -0.490 e. The van der Waals surface area contributed by atoms with E-state index in [-0.39, 0.29) is 16.7 Å². The van der Waals surface area contributed by atoms with Crippen molar-refractivity contribution in [3.05, 3.63) is 62.7 Å². The van der Waals surface area contributed by atoms with Gasteiger partial charge in [0, 0.05) is 10.4 Å². The SMILES string of the molecule is COc1cnc2c(C#N)c(C3(c4ccc(Cl)cc4)CC3)[nH]n2c1=O. The number of hydrogen-bond acceptors (Lipinski definition) is 4. The molecule has 0 bridgehead atoms. The Morgan fingerprint density at radius 2 is 2.08 bits per heavy atom. The minimum absolute atomic E-state index is 0.126. The highest BCUT2D eigenvalue weighted by Crippen LogP contribution is 2.54. The second-order valence-electron chi connectivity index (χ2n) is 5.85. The molecule has 7 heteroatoms. The van der Waals surface area contributed by atoms with E-state index in [0.717, 1.165) is 18.4 Å². The number of benzene rings is 1. The van der Waals surface area contributed by atoms with Crippen LogP contribution >= 0.6 is 11.6 Å². The van der Waals surface area contributed by atoms with E-state index in [1.807, 2.05) is 24.3 Å². The van der Waals surface area contributed by atoms with E-state index in [4.69, 9.17) is 16.3 Å². The highest BCUT2D eigenvalue weighted by atomic mass is 35.5. The molecule has 1 aromatic carbocycles. The van der Waals surface area contributed by atoms with Gasteiger partial charge in [0.05, 0.1) is 19.0 Å². The summed E-state index contributed by atoms with van der Waals surface area (Å²) in [6.07, 6.45) is 3.13. The molecule has 1 aliphatic rings. The summed E-state index contributed by atoms with van der Waals surface area (Å²) in [6.45, 7) is 0. The fourth-order valence-corrected chi connectivity index (χ4v) is 3.29. The van der Waals surface area contributed by atoms with Crippen molar-refractivity contribution < 1.29 is 4.74 Å². The van der Waals surface area contributed by atoms with Crippen LogP contribution in [0.15, 0.2) is 35.3 Å². The van der Waals surface area contributed by atoms with Gasteiger partial charge in [0.1, 0.15) is 11.6 Å². The van der Waals surface area contributed by atoms with Gasteiger partial charge in [-0.2, -0.15) is 9.78 Å². The third-order valence-electron chi connectivity index (χ3n) is 4.58. The molecular formula is C17H13ClN4O2. The highest BCUT2D eigenvalue weighted by molar-refractivity contribution is 6.30. The summed E-state index contributed by atoms with van der Waals surface area (Å²) in [6, 6.07) is 9.77. The van der Waals surface area contributed by atoms with Crippen molar-refractivity contribution in [3.8, 4) is 11.8 Å². The second-order valence-corrected chi connectivity index (χ2v) is 6.29. The van der Waals surface area contributed by atoms with Crippen molar-refractivity contribution in [2.45, 2.75) is 18.3 Å². The maximum atomic E-state index is 12.4. The molecule has 1 saturated carbocycles. The first-order valence-corrected chi connectivity index (χ1v) is 7.83. The molecule has 120 valence electrons. The molecule has 0 aliphatic heterocycles. The first kappa shape index (κ1) is 14.8. The van der Waals surface area contributed by atoms with Crippen molar-refractivity contribution in [2.75, 3.05) is 7.11 Å². The molecule has 0 amide bonds. The topological polar surface area (TPSA) is 83.2 Å². The Kier molecular flexibility index (Phi) is 3.15. The summed E-state index contributed by atoms with van der Waals surface area (Å²) in [5.41, 5.74) is 1.82. The molecular weight excluding hydrogens is 328 g/mol. The Morgan fingerprint density at radius 3 is 2.67 bits per heavy atom. The maximum absolute atomic E-state index is 12.4. The number of hydrogen-bond donors (Lipinski definition) is 1.